The van der Waals surface area contributed by atoms with Crippen LogP contribution in [0.3, 0.4) is 0 Å². The molecular weight excluding hydrogens is 241 g/mol. The van der Waals surface area contributed by atoms with Crippen molar-refractivity contribution in [2.75, 3.05) is 5.33 Å². The quantitative estimate of drug-likeness (QED) is 0.457. The summed E-state index contributed by atoms with van der Waals surface area (Å²) in [5.74, 6) is -0.0486. The Balaban J connectivity index is 3.09. The van der Waals surface area contributed by atoms with E-state index in [-0.39, 0.29) is 16.3 Å². The maximum absolute atomic E-state index is 11.2. The summed E-state index contributed by atoms with van der Waals surface area (Å²) in [6, 6.07) is 3.45. The molecule has 1 aromatic rings. The second kappa shape index (κ2) is 4.01. The van der Waals surface area contributed by atoms with Gasteiger partial charge in [-0.05, 0) is 19.1 Å². The molecule has 12 heavy (non-hydrogen) atoms. The van der Waals surface area contributed by atoms with E-state index in [1.165, 1.54) is 0 Å². The molecule has 0 aromatic carbocycles. The first kappa shape index (κ1) is 9.68. The fourth-order valence-corrected chi connectivity index (χ4v) is 1.41. The average Bonchev–Trinajstić information content (AvgIpc) is 2.03. The summed E-state index contributed by atoms with van der Waals surface area (Å²) in [5, 5.41) is 0.553. The summed E-state index contributed by atoms with van der Waals surface area (Å²) in [5.41, 5.74) is 1.28. The van der Waals surface area contributed by atoms with Gasteiger partial charge in [0.25, 0.3) is 0 Å². The number of hydrogen-bond donors (Lipinski definition) is 0. The molecule has 0 N–H and O–H groups in total. The summed E-state index contributed by atoms with van der Waals surface area (Å²) in [7, 11) is 0. The van der Waals surface area contributed by atoms with Crippen molar-refractivity contribution in [2.24, 2.45) is 0 Å². The van der Waals surface area contributed by atoms with E-state index in [0.717, 1.165) is 5.69 Å². The van der Waals surface area contributed by atoms with Gasteiger partial charge in [-0.2, -0.15) is 0 Å². The number of halogens is 2. The van der Waals surface area contributed by atoms with E-state index in [4.69, 9.17) is 11.6 Å². The normalized spacial score (nSPS) is 9.92. The standard InChI is InChI=1S/C8H7BrClNO/c1-5-2-3-6(7(12)4-9)8(10)11-5/h2-3H,4H2,1H3. The highest BCUT2D eigenvalue weighted by atomic mass is 79.9. The highest BCUT2D eigenvalue weighted by Crippen LogP contribution is 2.14. The Labute approximate surface area is 84.1 Å². The second-order valence-electron chi connectivity index (χ2n) is 2.35. The lowest BCUT2D eigenvalue weighted by Crippen LogP contribution is -2.02. The number of nitrogens with zero attached hydrogens (tertiary/aromatic N) is 1. The Morgan fingerprint density at radius 2 is 2.33 bits per heavy atom. The van der Waals surface area contributed by atoms with Gasteiger partial charge in [0, 0.05) is 5.69 Å². The van der Waals surface area contributed by atoms with Gasteiger partial charge in [0.2, 0.25) is 0 Å². The van der Waals surface area contributed by atoms with Crippen LogP contribution in [-0.4, -0.2) is 16.1 Å². The van der Waals surface area contributed by atoms with Crippen LogP contribution in [0.2, 0.25) is 5.15 Å². The fourth-order valence-electron chi connectivity index (χ4n) is 0.805. The van der Waals surface area contributed by atoms with Gasteiger partial charge >= 0.3 is 0 Å². The fraction of sp³-hybridized carbons (Fsp3) is 0.250. The SMILES string of the molecule is Cc1ccc(C(=O)CBr)c(Cl)n1. The molecular formula is C8H7BrClNO. The number of carbonyl (C=O) groups is 1. The zero-order valence-electron chi connectivity index (χ0n) is 6.47. The number of hydrogen-bond acceptors (Lipinski definition) is 2. The smallest absolute Gasteiger partial charge is 0.176 e. The zero-order chi connectivity index (χ0) is 9.14. The molecule has 64 valence electrons. The van der Waals surface area contributed by atoms with E-state index in [2.05, 4.69) is 20.9 Å². The van der Waals surface area contributed by atoms with Crippen LogP contribution in [0.15, 0.2) is 12.1 Å². The molecule has 0 bridgehead atoms. The molecule has 1 aromatic heterocycles. The molecule has 0 unspecified atom stereocenters. The predicted octanol–water partition coefficient (Wildman–Crippen LogP) is 2.62. The van der Waals surface area contributed by atoms with Crippen LogP contribution in [0.4, 0.5) is 0 Å². The van der Waals surface area contributed by atoms with Gasteiger partial charge in [-0.25, -0.2) is 4.98 Å². The van der Waals surface area contributed by atoms with Crippen molar-refractivity contribution in [2.45, 2.75) is 6.92 Å². The summed E-state index contributed by atoms with van der Waals surface area (Å²) in [6.07, 6.45) is 0. The van der Waals surface area contributed by atoms with E-state index < -0.39 is 0 Å². The first-order valence-corrected chi connectivity index (χ1v) is 4.87. The molecule has 0 spiro atoms. The highest BCUT2D eigenvalue weighted by Gasteiger charge is 2.09. The third kappa shape index (κ3) is 2.05. The molecule has 0 fully saturated rings. The van der Waals surface area contributed by atoms with E-state index in [1.54, 1.807) is 12.1 Å². The van der Waals surface area contributed by atoms with Crippen LogP contribution >= 0.6 is 27.5 Å². The van der Waals surface area contributed by atoms with Crippen LogP contribution in [0.5, 0.6) is 0 Å². The van der Waals surface area contributed by atoms with Crippen molar-refractivity contribution >= 4 is 33.3 Å². The summed E-state index contributed by atoms with van der Waals surface area (Å²) < 4.78 is 0. The van der Waals surface area contributed by atoms with Gasteiger partial charge in [-0.1, -0.05) is 27.5 Å². The van der Waals surface area contributed by atoms with Gasteiger partial charge in [0.1, 0.15) is 5.15 Å². The molecule has 0 saturated carbocycles. The Morgan fingerprint density at radius 1 is 1.67 bits per heavy atom. The Hall–Kier alpha value is -0.410. The summed E-state index contributed by atoms with van der Waals surface area (Å²) >= 11 is 8.82. The third-order valence-corrected chi connectivity index (χ3v) is 2.21. The minimum atomic E-state index is -0.0486. The predicted molar refractivity (Wildman–Crippen MR) is 52.1 cm³/mol. The van der Waals surface area contributed by atoms with E-state index in [1.807, 2.05) is 6.92 Å². The number of alkyl halides is 1. The monoisotopic (exact) mass is 247 g/mol. The van der Waals surface area contributed by atoms with Crippen LogP contribution < -0.4 is 0 Å². The highest BCUT2D eigenvalue weighted by molar-refractivity contribution is 9.09. The van der Waals surface area contributed by atoms with Gasteiger partial charge in [0.05, 0.1) is 10.9 Å². The number of aromatic nitrogens is 1. The molecule has 0 aliphatic rings. The van der Waals surface area contributed by atoms with Crippen molar-refractivity contribution in [3.05, 3.63) is 28.5 Å². The van der Waals surface area contributed by atoms with Gasteiger partial charge in [0.15, 0.2) is 5.78 Å². The van der Waals surface area contributed by atoms with Gasteiger partial charge in [-0.3, -0.25) is 4.79 Å². The Morgan fingerprint density at radius 3 is 2.83 bits per heavy atom. The lowest BCUT2D eigenvalue weighted by Gasteiger charge is -2.00. The van der Waals surface area contributed by atoms with Crippen molar-refractivity contribution in [3.8, 4) is 0 Å². The van der Waals surface area contributed by atoms with Gasteiger partial charge < -0.3 is 0 Å². The first-order chi connectivity index (χ1) is 5.65. The summed E-state index contributed by atoms with van der Waals surface area (Å²) in [6.45, 7) is 1.83. The second-order valence-corrected chi connectivity index (χ2v) is 3.27. The van der Waals surface area contributed by atoms with Crippen LogP contribution in [-0.2, 0) is 0 Å². The van der Waals surface area contributed by atoms with E-state index in [9.17, 15) is 4.79 Å². The number of rotatable bonds is 2. The molecule has 1 rings (SSSR count). The van der Waals surface area contributed by atoms with Crippen molar-refractivity contribution in [1.82, 2.24) is 4.98 Å². The van der Waals surface area contributed by atoms with Crippen molar-refractivity contribution in [1.29, 1.82) is 0 Å². The topological polar surface area (TPSA) is 30.0 Å². The average molecular weight is 249 g/mol. The van der Waals surface area contributed by atoms with Crippen LogP contribution in [0, 0.1) is 6.92 Å². The first-order valence-electron chi connectivity index (χ1n) is 3.37. The molecule has 0 amide bonds. The van der Waals surface area contributed by atoms with Crippen LogP contribution in [0.25, 0.3) is 0 Å². The molecule has 0 aliphatic heterocycles. The maximum Gasteiger partial charge on any atom is 0.176 e. The lowest BCUT2D eigenvalue weighted by atomic mass is 10.2. The molecule has 0 saturated heterocycles. The van der Waals surface area contributed by atoms with Crippen LogP contribution in [0.1, 0.15) is 16.1 Å². The largest absolute Gasteiger partial charge is 0.293 e. The minimum absolute atomic E-state index is 0.0486. The molecule has 2 nitrogen and oxygen atoms in total. The Kier molecular flexibility index (Phi) is 3.23. The van der Waals surface area contributed by atoms with Gasteiger partial charge in [-0.15, -0.1) is 0 Å². The summed E-state index contributed by atoms with van der Waals surface area (Å²) in [4.78, 5) is 15.1. The molecule has 0 radical (unpaired) electrons. The minimum Gasteiger partial charge on any atom is -0.293 e. The molecule has 0 aliphatic carbocycles. The van der Waals surface area contributed by atoms with E-state index >= 15 is 0 Å². The maximum atomic E-state index is 11.2. The van der Waals surface area contributed by atoms with E-state index in [0.29, 0.717) is 5.56 Å². The molecule has 0 atom stereocenters. The van der Waals surface area contributed by atoms with Crippen molar-refractivity contribution < 1.29 is 4.79 Å². The zero-order valence-corrected chi connectivity index (χ0v) is 8.82. The number of carbonyl (C=O) groups excluding carboxylic acids is 1. The Bertz CT molecular complexity index is 314. The number of ketones is 1. The number of aryl methyl sites for hydroxylation is 1. The lowest BCUT2D eigenvalue weighted by molar-refractivity contribution is 0.102. The number of pyridine rings is 1. The van der Waals surface area contributed by atoms with Crippen molar-refractivity contribution in [3.63, 3.8) is 0 Å². The third-order valence-electron chi connectivity index (χ3n) is 1.41. The molecule has 1 heterocycles. The molecule has 4 heteroatoms. The number of Topliss-reactive ketones (excluding diaryl/α,β-unsaturated/α-hetero) is 1.